The molecule has 0 saturated heterocycles. The topological polar surface area (TPSA) is 9.23 Å². The summed E-state index contributed by atoms with van der Waals surface area (Å²) in [6, 6.07) is 0. The highest BCUT2D eigenvalue weighted by Crippen LogP contribution is 2.08. The van der Waals surface area contributed by atoms with Crippen molar-refractivity contribution in [1.29, 1.82) is 0 Å². The Morgan fingerprint density at radius 2 is 1.91 bits per heavy atom. The van der Waals surface area contributed by atoms with Crippen molar-refractivity contribution in [3.8, 4) is 0 Å². The van der Waals surface area contributed by atoms with Crippen molar-refractivity contribution in [2.45, 2.75) is 46.5 Å². The molecule has 0 amide bonds. The fourth-order valence-electron chi connectivity index (χ4n) is 0.984. The molecule has 0 spiro atoms. The standard InChI is InChI=1S/C10H22O/c1-4-8-11-9-6-7-10(3)5-2/h10H,4-9H2,1-3H3. The third-order valence-electron chi connectivity index (χ3n) is 2.03. The monoisotopic (exact) mass is 158 g/mol. The van der Waals surface area contributed by atoms with Crippen LogP contribution in [0.2, 0.25) is 0 Å². The normalized spacial score (nSPS) is 13.4. The van der Waals surface area contributed by atoms with E-state index in [1.807, 2.05) is 0 Å². The van der Waals surface area contributed by atoms with Crippen LogP contribution in [0.15, 0.2) is 0 Å². The molecule has 0 radical (unpaired) electrons. The van der Waals surface area contributed by atoms with Gasteiger partial charge >= 0.3 is 0 Å². The van der Waals surface area contributed by atoms with E-state index < -0.39 is 0 Å². The van der Waals surface area contributed by atoms with Crippen LogP contribution in [0.5, 0.6) is 0 Å². The summed E-state index contributed by atoms with van der Waals surface area (Å²) in [5, 5.41) is 0. The minimum Gasteiger partial charge on any atom is -0.381 e. The molecule has 0 aromatic carbocycles. The first-order chi connectivity index (χ1) is 5.31. The molecule has 0 aromatic heterocycles. The van der Waals surface area contributed by atoms with E-state index in [4.69, 9.17) is 4.74 Å². The maximum absolute atomic E-state index is 5.38. The van der Waals surface area contributed by atoms with Gasteiger partial charge in [-0.1, -0.05) is 27.2 Å². The molecule has 0 bridgehead atoms. The van der Waals surface area contributed by atoms with Crippen LogP contribution in [-0.2, 0) is 4.74 Å². The molecule has 1 heteroatoms. The fraction of sp³-hybridized carbons (Fsp3) is 1.00. The Morgan fingerprint density at radius 1 is 1.18 bits per heavy atom. The highest BCUT2D eigenvalue weighted by molar-refractivity contribution is 4.49. The molecule has 1 nitrogen and oxygen atoms in total. The van der Waals surface area contributed by atoms with Crippen LogP contribution in [0, 0.1) is 5.92 Å². The van der Waals surface area contributed by atoms with Crippen LogP contribution in [0.1, 0.15) is 46.5 Å². The molecular formula is C10H22O. The zero-order valence-electron chi connectivity index (χ0n) is 8.23. The summed E-state index contributed by atoms with van der Waals surface area (Å²) in [5.41, 5.74) is 0. The molecule has 1 atom stereocenters. The van der Waals surface area contributed by atoms with Crippen molar-refractivity contribution in [1.82, 2.24) is 0 Å². The smallest absolute Gasteiger partial charge is 0.0466 e. The predicted octanol–water partition coefficient (Wildman–Crippen LogP) is 3.24. The molecule has 1 unspecified atom stereocenters. The van der Waals surface area contributed by atoms with Crippen molar-refractivity contribution in [3.05, 3.63) is 0 Å². The van der Waals surface area contributed by atoms with E-state index in [0.717, 1.165) is 25.6 Å². The van der Waals surface area contributed by atoms with Crippen molar-refractivity contribution in [3.63, 3.8) is 0 Å². The SMILES string of the molecule is CCCOCCCC(C)CC. The first kappa shape index (κ1) is 11.0. The average molecular weight is 158 g/mol. The molecule has 0 aliphatic rings. The summed E-state index contributed by atoms with van der Waals surface area (Å²) in [6.45, 7) is 8.59. The summed E-state index contributed by atoms with van der Waals surface area (Å²) in [7, 11) is 0. The summed E-state index contributed by atoms with van der Waals surface area (Å²) in [4.78, 5) is 0. The molecule has 11 heavy (non-hydrogen) atoms. The highest BCUT2D eigenvalue weighted by Gasteiger charge is 1.97. The van der Waals surface area contributed by atoms with Gasteiger partial charge in [0.1, 0.15) is 0 Å². The quantitative estimate of drug-likeness (QED) is 0.517. The van der Waals surface area contributed by atoms with Gasteiger partial charge in [0, 0.05) is 13.2 Å². The van der Waals surface area contributed by atoms with Crippen LogP contribution in [0.3, 0.4) is 0 Å². The van der Waals surface area contributed by atoms with Crippen LogP contribution < -0.4 is 0 Å². The summed E-state index contributed by atoms with van der Waals surface area (Å²) in [6.07, 6.45) is 4.99. The van der Waals surface area contributed by atoms with Gasteiger partial charge < -0.3 is 4.74 Å². The highest BCUT2D eigenvalue weighted by atomic mass is 16.5. The third kappa shape index (κ3) is 7.86. The van der Waals surface area contributed by atoms with E-state index in [0.29, 0.717) is 0 Å². The van der Waals surface area contributed by atoms with E-state index in [1.54, 1.807) is 0 Å². The molecule has 0 rings (SSSR count). The van der Waals surface area contributed by atoms with Crippen molar-refractivity contribution < 1.29 is 4.74 Å². The van der Waals surface area contributed by atoms with Crippen LogP contribution in [-0.4, -0.2) is 13.2 Å². The van der Waals surface area contributed by atoms with E-state index >= 15 is 0 Å². The number of hydrogen-bond donors (Lipinski definition) is 0. The zero-order valence-corrected chi connectivity index (χ0v) is 8.23. The Morgan fingerprint density at radius 3 is 2.45 bits per heavy atom. The Kier molecular flexibility index (Phi) is 8.03. The second-order valence-electron chi connectivity index (χ2n) is 3.27. The lowest BCUT2D eigenvalue weighted by Crippen LogP contribution is -1.99. The molecule has 0 aliphatic carbocycles. The minimum absolute atomic E-state index is 0.875. The number of ether oxygens (including phenoxy) is 1. The van der Waals surface area contributed by atoms with Crippen molar-refractivity contribution in [2.75, 3.05) is 13.2 Å². The Hall–Kier alpha value is -0.0400. The van der Waals surface area contributed by atoms with Gasteiger partial charge in [-0.15, -0.1) is 0 Å². The first-order valence-corrected chi connectivity index (χ1v) is 4.89. The second-order valence-corrected chi connectivity index (χ2v) is 3.27. The van der Waals surface area contributed by atoms with E-state index in [9.17, 15) is 0 Å². The van der Waals surface area contributed by atoms with Crippen molar-refractivity contribution >= 4 is 0 Å². The van der Waals surface area contributed by atoms with Crippen LogP contribution in [0.25, 0.3) is 0 Å². The van der Waals surface area contributed by atoms with Gasteiger partial charge in [-0.3, -0.25) is 0 Å². The lowest BCUT2D eigenvalue weighted by molar-refractivity contribution is 0.128. The number of hydrogen-bond acceptors (Lipinski definition) is 1. The predicted molar refractivity (Wildman–Crippen MR) is 49.8 cm³/mol. The van der Waals surface area contributed by atoms with Gasteiger partial charge in [-0.2, -0.15) is 0 Å². The Balaban J connectivity index is 2.89. The second kappa shape index (κ2) is 8.06. The lowest BCUT2D eigenvalue weighted by Gasteiger charge is -2.07. The van der Waals surface area contributed by atoms with Gasteiger partial charge in [-0.05, 0) is 25.2 Å². The van der Waals surface area contributed by atoms with E-state index in [1.165, 1.54) is 19.3 Å². The zero-order chi connectivity index (χ0) is 8.53. The van der Waals surface area contributed by atoms with Crippen LogP contribution >= 0.6 is 0 Å². The van der Waals surface area contributed by atoms with Gasteiger partial charge in [0.05, 0.1) is 0 Å². The minimum atomic E-state index is 0.875. The third-order valence-corrected chi connectivity index (χ3v) is 2.03. The fourth-order valence-corrected chi connectivity index (χ4v) is 0.984. The average Bonchev–Trinajstić information content (AvgIpc) is 2.04. The molecule has 0 aliphatic heterocycles. The maximum Gasteiger partial charge on any atom is 0.0466 e. The number of rotatable bonds is 7. The lowest BCUT2D eigenvalue weighted by atomic mass is 10.0. The maximum atomic E-state index is 5.38. The molecule has 0 saturated carbocycles. The first-order valence-electron chi connectivity index (χ1n) is 4.89. The Labute approximate surface area is 71.1 Å². The largest absolute Gasteiger partial charge is 0.381 e. The molecule has 0 heterocycles. The van der Waals surface area contributed by atoms with Gasteiger partial charge in [-0.25, -0.2) is 0 Å². The molecule has 0 N–H and O–H groups in total. The Bertz CT molecular complexity index is 71.3. The van der Waals surface area contributed by atoms with Crippen molar-refractivity contribution in [2.24, 2.45) is 5.92 Å². The molecular weight excluding hydrogens is 136 g/mol. The van der Waals surface area contributed by atoms with Gasteiger partial charge in [0.2, 0.25) is 0 Å². The van der Waals surface area contributed by atoms with Gasteiger partial charge in [0.15, 0.2) is 0 Å². The summed E-state index contributed by atoms with van der Waals surface area (Å²) in [5.74, 6) is 0.875. The van der Waals surface area contributed by atoms with Crippen LogP contribution in [0.4, 0.5) is 0 Å². The molecule has 0 aromatic rings. The molecule has 0 fully saturated rings. The summed E-state index contributed by atoms with van der Waals surface area (Å²) >= 11 is 0. The summed E-state index contributed by atoms with van der Waals surface area (Å²) < 4.78 is 5.38. The molecule has 68 valence electrons. The van der Waals surface area contributed by atoms with E-state index in [2.05, 4.69) is 20.8 Å². The van der Waals surface area contributed by atoms with Gasteiger partial charge in [0.25, 0.3) is 0 Å². The van der Waals surface area contributed by atoms with E-state index in [-0.39, 0.29) is 0 Å².